The van der Waals surface area contributed by atoms with Gasteiger partial charge in [-0.1, -0.05) is 0 Å². The fraction of sp³-hybridized carbons (Fsp3) is 0.900. The Labute approximate surface area is 79.5 Å². The maximum Gasteiger partial charge on any atom is 0.233 e. The Morgan fingerprint density at radius 1 is 1.38 bits per heavy atom. The highest BCUT2D eigenvalue weighted by Gasteiger charge is 2.34. The van der Waals surface area contributed by atoms with Crippen LogP contribution in [-0.2, 0) is 4.79 Å². The molecule has 2 aliphatic heterocycles. The first-order valence-corrected chi connectivity index (χ1v) is 5.24. The van der Waals surface area contributed by atoms with E-state index >= 15 is 0 Å². The average molecular weight is 182 g/mol. The lowest BCUT2D eigenvalue weighted by Crippen LogP contribution is -2.51. The summed E-state index contributed by atoms with van der Waals surface area (Å²) in [7, 11) is 1.71. The Morgan fingerprint density at radius 2 is 2.08 bits per heavy atom. The molecule has 1 N–H and O–H groups in total. The zero-order valence-corrected chi connectivity index (χ0v) is 8.25. The third-order valence-electron chi connectivity index (χ3n) is 3.45. The summed E-state index contributed by atoms with van der Waals surface area (Å²) in [5.41, 5.74) is 0. The zero-order valence-electron chi connectivity index (χ0n) is 8.25. The first-order chi connectivity index (χ1) is 6.29. The molecule has 0 radical (unpaired) electrons. The molecule has 13 heavy (non-hydrogen) atoms. The van der Waals surface area contributed by atoms with Crippen molar-refractivity contribution in [1.82, 2.24) is 10.2 Å². The fourth-order valence-electron chi connectivity index (χ4n) is 2.63. The molecule has 1 saturated carbocycles. The van der Waals surface area contributed by atoms with Crippen molar-refractivity contribution < 1.29 is 4.79 Å². The number of rotatable bonds is 2. The van der Waals surface area contributed by atoms with Gasteiger partial charge in [0, 0.05) is 19.6 Å². The van der Waals surface area contributed by atoms with Gasteiger partial charge in [-0.3, -0.25) is 9.69 Å². The second kappa shape index (κ2) is 3.66. The van der Waals surface area contributed by atoms with E-state index in [-0.39, 0.29) is 5.91 Å². The number of likely N-dealkylation sites (N-methyl/N-ethyl adjacent to an activating group) is 1. The molecular formula is C10H18N2O. The topological polar surface area (TPSA) is 32.3 Å². The summed E-state index contributed by atoms with van der Waals surface area (Å²) in [5.74, 6) is 1.03. The van der Waals surface area contributed by atoms with Gasteiger partial charge in [0.05, 0.1) is 6.54 Å². The van der Waals surface area contributed by atoms with Gasteiger partial charge in [0.25, 0.3) is 0 Å². The first kappa shape index (κ1) is 9.00. The van der Waals surface area contributed by atoms with Crippen LogP contribution >= 0.6 is 0 Å². The van der Waals surface area contributed by atoms with Crippen LogP contribution in [0.3, 0.4) is 0 Å². The first-order valence-electron chi connectivity index (χ1n) is 5.24. The fourth-order valence-corrected chi connectivity index (χ4v) is 2.63. The van der Waals surface area contributed by atoms with Crippen molar-refractivity contribution in [2.75, 3.05) is 20.1 Å². The molecule has 1 aliphatic carbocycles. The molecule has 0 atom stereocenters. The van der Waals surface area contributed by atoms with E-state index in [0.29, 0.717) is 12.6 Å². The minimum absolute atomic E-state index is 0.160. The number of nitrogens with zero attached hydrogens (tertiary/aromatic N) is 1. The summed E-state index contributed by atoms with van der Waals surface area (Å²) >= 11 is 0. The van der Waals surface area contributed by atoms with E-state index in [1.165, 1.54) is 25.7 Å². The van der Waals surface area contributed by atoms with Crippen LogP contribution in [0.5, 0.6) is 0 Å². The van der Waals surface area contributed by atoms with E-state index in [4.69, 9.17) is 0 Å². The van der Waals surface area contributed by atoms with Crippen LogP contribution in [0.4, 0.5) is 0 Å². The summed E-state index contributed by atoms with van der Waals surface area (Å²) in [6, 6.07) is 0.697. The second-order valence-corrected chi connectivity index (χ2v) is 4.28. The molecule has 1 amide bonds. The zero-order chi connectivity index (χ0) is 9.26. The maximum absolute atomic E-state index is 11.2. The molecule has 2 saturated heterocycles. The van der Waals surface area contributed by atoms with Gasteiger partial charge >= 0.3 is 0 Å². The van der Waals surface area contributed by atoms with E-state index in [1.54, 1.807) is 7.05 Å². The largest absolute Gasteiger partial charge is 0.358 e. The molecule has 0 aromatic carbocycles. The van der Waals surface area contributed by atoms with Gasteiger partial charge in [-0.2, -0.15) is 0 Å². The quantitative estimate of drug-likeness (QED) is 0.678. The Kier molecular flexibility index (Phi) is 2.54. The van der Waals surface area contributed by atoms with Crippen LogP contribution < -0.4 is 5.32 Å². The van der Waals surface area contributed by atoms with Crippen molar-refractivity contribution >= 4 is 5.91 Å². The van der Waals surface area contributed by atoms with Gasteiger partial charge in [0.2, 0.25) is 5.91 Å². The maximum atomic E-state index is 11.2. The summed E-state index contributed by atoms with van der Waals surface area (Å²) in [6.07, 6.45) is 5.38. The predicted molar refractivity (Wildman–Crippen MR) is 51.4 cm³/mol. The van der Waals surface area contributed by atoms with Crippen molar-refractivity contribution in [3.05, 3.63) is 0 Å². The van der Waals surface area contributed by atoms with E-state index in [9.17, 15) is 4.79 Å². The summed E-state index contributed by atoms with van der Waals surface area (Å²) in [6.45, 7) is 1.76. The van der Waals surface area contributed by atoms with Crippen LogP contribution in [-0.4, -0.2) is 37.0 Å². The van der Waals surface area contributed by atoms with Crippen molar-refractivity contribution in [2.45, 2.75) is 31.7 Å². The Balaban J connectivity index is 1.90. The van der Waals surface area contributed by atoms with Crippen LogP contribution in [0.1, 0.15) is 25.7 Å². The molecule has 3 rings (SSSR count). The van der Waals surface area contributed by atoms with Gasteiger partial charge < -0.3 is 5.32 Å². The van der Waals surface area contributed by atoms with E-state index in [0.717, 1.165) is 12.5 Å². The predicted octanol–water partition coefficient (Wildman–Crippen LogP) is 0.607. The summed E-state index contributed by atoms with van der Waals surface area (Å²) in [4.78, 5) is 13.6. The molecule has 3 nitrogen and oxygen atoms in total. The van der Waals surface area contributed by atoms with Crippen molar-refractivity contribution in [2.24, 2.45) is 5.92 Å². The molecule has 3 fully saturated rings. The number of carbonyl (C=O) groups excluding carboxylic acids is 1. The second-order valence-electron chi connectivity index (χ2n) is 4.28. The smallest absolute Gasteiger partial charge is 0.233 e. The lowest BCUT2D eigenvalue weighted by Gasteiger charge is -2.44. The van der Waals surface area contributed by atoms with Crippen LogP contribution in [0, 0.1) is 5.92 Å². The van der Waals surface area contributed by atoms with Gasteiger partial charge in [-0.05, 0) is 31.6 Å². The summed E-state index contributed by atoms with van der Waals surface area (Å²) < 4.78 is 0. The highest BCUT2D eigenvalue weighted by atomic mass is 16.1. The van der Waals surface area contributed by atoms with Crippen LogP contribution in [0.25, 0.3) is 0 Å². The molecule has 0 aromatic rings. The van der Waals surface area contributed by atoms with E-state index < -0.39 is 0 Å². The number of amides is 1. The molecule has 0 spiro atoms. The van der Waals surface area contributed by atoms with Gasteiger partial charge in [0.15, 0.2) is 0 Å². The van der Waals surface area contributed by atoms with E-state index in [1.807, 2.05) is 0 Å². The third kappa shape index (κ3) is 1.85. The van der Waals surface area contributed by atoms with Crippen molar-refractivity contribution in [3.63, 3.8) is 0 Å². The van der Waals surface area contributed by atoms with Crippen LogP contribution in [0.15, 0.2) is 0 Å². The highest BCUT2D eigenvalue weighted by Crippen LogP contribution is 2.34. The minimum Gasteiger partial charge on any atom is -0.358 e. The molecule has 0 aromatic heterocycles. The van der Waals surface area contributed by atoms with Gasteiger partial charge in [0.1, 0.15) is 0 Å². The molecule has 3 aliphatic rings. The Bertz CT molecular complexity index is 197. The van der Waals surface area contributed by atoms with Crippen molar-refractivity contribution in [1.29, 1.82) is 0 Å². The Hall–Kier alpha value is -0.570. The van der Waals surface area contributed by atoms with Gasteiger partial charge in [-0.25, -0.2) is 0 Å². The lowest BCUT2D eigenvalue weighted by molar-refractivity contribution is -0.123. The molecule has 3 heteroatoms. The number of carbonyl (C=O) groups is 1. The molecule has 2 heterocycles. The third-order valence-corrected chi connectivity index (χ3v) is 3.45. The molecule has 0 unspecified atom stereocenters. The number of nitrogens with one attached hydrogen (secondary N) is 1. The van der Waals surface area contributed by atoms with Gasteiger partial charge in [-0.15, -0.1) is 0 Å². The summed E-state index contributed by atoms with van der Waals surface area (Å²) in [5, 5.41) is 2.69. The number of hydrogen-bond acceptors (Lipinski definition) is 2. The van der Waals surface area contributed by atoms with Crippen molar-refractivity contribution in [3.8, 4) is 0 Å². The standard InChI is InChI=1S/C10H18N2O/c1-11-10(13)7-12-6-8-2-4-9(12)5-3-8/h8-9H,2-7H2,1H3,(H,11,13). The lowest BCUT2D eigenvalue weighted by atomic mass is 9.80. The minimum atomic E-state index is 0.160. The highest BCUT2D eigenvalue weighted by molar-refractivity contribution is 5.77. The number of hydrogen-bond donors (Lipinski definition) is 1. The van der Waals surface area contributed by atoms with Crippen LogP contribution in [0.2, 0.25) is 0 Å². The SMILES string of the molecule is CNC(=O)CN1CC2CCC1CC2. The van der Waals surface area contributed by atoms with E-state index in [2.05, 4.69) is 10.2 Å². The monoisotopic (exact) mass is 182 g/mol. The molecule has 2 bridgehead atoms. The molecule has 74 valence electrons. The number of piperidine rings is 2. The Morgan fingerprint density at radius 3 is 2.54 bits per heavy atom. The average Bonchev–Trinajstić information content (AvgIpc) is 2.19. The molecular weight excluding hydrogens is 164 g/mol. The number of fused-ring (bicyclic) bond motifs is 3. The normalized spacial score (nSPS) is 33.3.